The van der Waals surface area contributed by atoms with E-state index in [1.54, 1.807) is 0 Å². The minimum atomic E-state index is 1.12. The van der Waals surface area contributed by atoms with Crippen LogP contribution < -0.4 is 5.32 Å². The maximum absolute atomic E-state index is 3.59. The lowest BCUT2D eigenvalue weighted by atomic mass is 10.1. The van der Waals surface area contributed by atoms with Crippen molar-refractivity contribution in [2.45, 2.75) is 90.4 Å². The van der Waals surface area contributed by atoms with Crippen LogP contribution in [0.25, 0.3) is 0 Å². The fourth-order valence-electron chi connectivity index (χ4n) is 2.60. The first-order valence-electron chi connectivity index (χ1n) is 8.64. The molecule has 0 aromatic carbocycles. The Morgan fingerprint density at radius 1 is 0.722 bits per heavy atom. The van der Waals surface area contributed by atoms with Crippen molar-refractivity contribution in [2.75, 3.05) is 13.1 Å². The lowest BCUT2D eigenvalue weighted by Crippen LogP contribution is -2.16. The molecule has 18 heavy (non-hydrogen) atoms. The third-order valence-electron chi connectivity index (χ3n) is 4.12. The fraction of sp³-hybridized carbons (Fsp3) is 1.00. The Morgan fingerprint density at radius 2 is 1.28 bits per heavy atom. The Hall–Kier alpha value is -0.0400. The van der Waals surface area contributed by atoms with E-state index in [1.165, 1.54) is 96.6 Å². The number of hydrogen-bond acceptors (Lipinski definition) is 1. The quantitative estimate of drug-likeness (QED) is 0.414. The van der Waals surface area contributed by atoms with Crippen molar-refractivity contribution in [1.82, 2.24) is 5.32 Å². The second kappa shape index (κ2) is 12.0. The summed E-state index contributed by atoms with van der Waals surface area (Å²) in [6.07, 6.45) is 18.8. The Labute approximate surface area is 115 Å². The van der Waals surface area contributed by atoms with Crippen LogP contribution in [0.1, 0.15) is 90.4 Å². The Bertz CT molecular complexity index is 163. The summed E-state index contributed by atoms with van der Waals surface area (Å²) in [5.74, 6) is 1.12. The van der Waals surface area contributed by atoms with E-state index in [0.717, 1.165) is 5.92 Å². The van der Waals surface area contributed by atoms with Crippen molar-refractivity contribution >= 4 is 0 Å². The predicted octanol–water partition coefficient (Wildman–Crippen LogP) is 5.30. The Kier molecular flexibility index (Phi) is 10.7. The molecule has 0 unspecified atom stereocenters. The first-order valence-corrected chi connectivity index (χ1v) is 8.64. The van der Waals surface area contributed by atoms with Crippen LogP contribution in [0.3, 0.4) is 0 Å². The van der Waals surface area contributed by atoms with Gasteiger partial charge in [-0.05, 0) is 31.8 Å². The van der Waals surface area contributed by atoms with Crippen molar-refractivity contribution in [3.8, 4) is 0 Å². The molecule has 1 saturated carbocycles. The van der Waals surface area contributed by atoms with E-state index in [4.69, 9.17) is 0 Å². The molecule has 0 aromatic rings. The summed E-state index contributed by atoms with van der Waals surface area (Å²) in [5.41, 5.74) is 0. The Balaban J connectivity index is 1.60. The molecular formula is C17H35N. The first kappa shape index (κ1) is 16.0. The van der Waals surface area contributed by atoms with Gasteiger partial charge in [-0.2, -0.15) is 0 Å². The molecule has 0 amide bonds. The van der Waals surface area contributed by atoms with Crippen molar-refractivity contribution < 1.29 is 0 Å². The highest BCUT2D eigenvalue weighted by Crippen LogP contribution is 2.33. The van der Waals surface area contributed by atoms with E-state index >= 15 is 0 Å². The molecule has 0 atom stereocenters. The zero-order chi connectivity index (χ0) is 12.9. The van der Waals surface area contributed by atoms with Crippen molar-refractivity contribution in [1.29, 1.82) is 0 Å². The molecule has 1 heteroatoms. The van der Waals surface area contributed by atoms with Gasteiger partial charge in [0.25, 0.3) is 0 Å². The van der Waals surface area contributed by atoms with Crippen LogP contribution in [-0.4, -0.2) is 13.1 Å². The molecular weight excluding hydrogens is 218 g/mol. The van der Waals surface area contributed by atoms with E-state index in [0.29, 0.717) is 0 Å². The second-order valence-electron chi connectivity index (χ2n) is 6.16. The average Bonchev–Trinajstić information content (AvgIpc) is 3.19. The van der Waals surface area contributed by atoms with Crippen LogP contribution in [-0.2, 0) is 0 Å². The maximum atomic E-state index is 3.59. The molecule has 0 saturated heterocycles. The summed E-state index contributed by atoms with van der Waals surface area (Å²) < 4.78 is 0. The minimum absolute atomic E-state index is 1.12. The predicted molar refractivity (Wildman–Crippen MR) is 82.1 cm³/mol. The van der Waals surface area contributed by atoms with Crippen LogP contribution in [0.4, 0.5) is 0 Å². The van der Waals surface area contributed by atoms with Gasteiger partial charge in [0.2, 0.25) is 0 Å². The molecule has 1 nitrogen and oxygen atoms in total. The van der Waals surface area contributed by atoms with Crippen molar-refractivity contribution in [2.24, 2.45) is 5.92 Å². The minimum Gasteiger partial charge on any atom is -0.317 e. The fourth-order valence-corrected chi connectivity index (χ4v) is 2.60. The topological polar surface area (TPSA) is 12.0 Å². The lowest BCUT2D eigenvalue weighted by Gasteiger charge is -2.05. The largest absolute Gasteiger partial charge is 0.317 e. The number of unbranched alkanes of at least 4 members (excludes halogenated alkanes) is 8. The van der Waals surface area contributed by atoms with Gasteiger partial charge in [0.1, 0.15) is 0 Å². The van der Waals surface area contributed by atoms with E-state index in [1.807, 2.05) is 0 Å². The van der Waals surface area contributed by atoms with E-state index < -0.39 is 0 Å². The van der Waals surface area contributed by atoms with Gasteiger partial charge < -0.3 is 5.32 Å². The van der Waals surface area contributed by atoms with Gasteiger partial charge >= 0.3 is 0 Å². The molecule has 0 bridgehead atoms. The van der Waals surface area contributed by atoms with E-state index in [9.17, 15) is 0 Å². The molecule has 0 radical (unpaired) electrons. The van der Waals surface area contributed by atoms with Gasteiger partial charge in [-0.25, -0.2) is 0 Å². The van der Waals surface area contributed by atoms with Gasteiger partial charge in [-0.3, -0.25) is 0 Å². The Morgan fingerprint density at radius 3 is 1.89 bits per heavy atom. The van der Waals surface area contributed by atoms with Gasteiger partial charge in [-0.1, -0.05) is 77.6 Å². The van der Waals surface area contributed by atoms with Crippen LogP contribution in [0.2, 0.25) is 0 Å². The van der Waals surface area contributed by atoms with Crippen LogP contribution >= 0.6 is 0 Å². The highest BCUT2D eigenvalue weighted by atomic mass is 14.8. The summed E-state index contributed by atoms with van der Waals surface area (Å²) in [6, 6.07) is 0. The summed E-state index contributed by atoms with van der Waals surface area (Å²) in [5, 5.41) is 3.59. The maximum Gasteiger partial charge on any atom is -0.00489 e. The molecule has 0 heterocycles. The van der Waals surface area contributed by atoms with Crippen molar-refractivity contribution in [3.63, 3.8) is 0 Å². The molecule has 0 spiro atoms. The van der Waals surface area contributed by atoms with E-state index in [2.05, 4.69) is 12.2 Å². The molecule has 1 N–H and O–H groups in total. The zero-order valence-corrected chi connectivity index (χ0v) is 12.7. The number of rotatable bonds is 14. The summed E-state index contributed by atoms with van der Waals surface area (Å²) >= 11 is 0. The van der Waals surface area contributed by atoms with Crippen LogP contribution in [0.15, 0.2) is 0 Å². The van der Waals surface area contributed by atoms with Crippen molar-refractivity contribution in [3.05, 3.63) is 0 Å². The highest BCUT2D eigenvalue weighted by molar-refractivity contribution is 4.72. The SMILES string of the molecule is CCCCCCCCCCNCCCCC1CC1. The standard InChI is InChI=1S/C17H35N/c1-2-3-4-5-6-7-8-10-15-18-16-11-9-12-17-13-14-17/h17-18H,2-16H2,1H3. The van der Waals surface area contributed by atoms with Gasteiger partial charge in [0.15, 0.2) is 0 Å². The van der Waals surface area contributed by atoms with Gasteiger partial charge in [-0.15, -0.1) is 0 Å². The number of nitrogens with one attached hydrogen (secondary N) is 1. The van der Waals surface area contributed by atoms with Gasteiger partial charge in [0, 0.05) is 0 Å². The monoisotopic (exact) mass is 253 g/mol. The van der Waals surface area contributed by atoms with E-state index in [-0.39, 0.29) is 0 Å². The lowest BCUT2D eigenvalue weighted by molar-refractivity contribution is 0.538. The smallest absolute Gasteiger partial charge is 0.00489 e. The van der Waals surface area contributed by atoms with Gasteiger partial charge in [0.05, 0.1) is 0 Å². The zero-order valence-electron chi connectivity index (χ0n) is 12.7. The highest BCUT2D eigenvalue weighted by Gasteiger charge is 2.19. The molecule has 1 fully saturated rings. The third kappa shape index (κ3) is 11.1. The summed E-state index contributed by atoms with van der Waals surface area (Å²) in [6.45, 7) is 4.79. The first-order chi connectivity index (χ1) is 8.93. The third-order valence-corrected chi connectivity index (χ3v) is 4.12. The summed E-state index contributed by atoms with van der Waals surface area (Å²) in [7, 11) is 0. The second-order valence-corrected chi connectivity index (χ2v) is 6.16. The molecule has 1 rings (SSSR count). The van der Waals surface area contributed by atoms with Crippen LogP contribution in [0.5, 0.6) is 0 Å². The molecule has 0 aliphatic heterocycles. The molecule has 1 aliphatic carbocycles. The molecule has 108 valence electrons. The van der Waals surface area contributed by atoms with Crippen LogP contribution in [0, 0.1) is 5.92 Å². The number of hydrogen-bond donors (Lipinski definition) is 1. The molecule has 0 aromatic heterocycles. The average molecular weight is 253 g/mol. The summed E-state index contributed by atoms with van der Waals surface area (Å²) in [4.78, 5) is 0. The molecule has 1 aliphatic rings. The normalized spacial score (nSPS) is 15.2.